The van der Waals surface area contributed by atoms with Gasteiger partial charge in [0.2, 0.25) is 5.92 Å². The third-order valence-corrected chi connectivity index (χ3v) is 5.90. The Kier molecular flexibility index (Phi) is 2.93. The van der Waals surface area contributed by atoms with Crippen molar-refractivity contribution in [2.24, 2.45) is 0 Å². The zero-order valence-corrected chi connectivity index (χ0v) is 11.4. The van der Waals surface area contributed by atoms with Gasteiger partial charge in [-0.15, -0.1) is 11.3 Å². The van der Waals surface area contributed by atoms with Crippen LogP contribution in [-0.2, 0) is 23.1 Å². The molecule has 0 aromatic carbocycles. The molecule has 0 amide bonds. The van der Waals surface area contributed by atoms with Crippen molar-refractivity contribution in [1.82, 2.24) is 0 Å². The van der Waals surface area contributed by atoms with E-state index in [4.69, 9.17) is 0 Å². The van der Waals surface area contributed by atoms with Crippen LogP contribution in [0.3, 0.4) is 0 Å². The Hall–Kier alpha value is -0.970. The number of thiophene rings is 1. The molecule has 0 radical (unpaired) electrons. The molecule has 0 spiro atoms. The predicted molar refractivity (Wildman–Crippen MR) is 69.1 cm³/mol. The fourth-order valence-electron chi connectivity index (χ4n) is 3.17. The second-order valence-electron chi connectivity index (χ2n) is 5.66. The van der Waals surface area contributed by atoms with Gasteiger partial charge in [0, 0.05) is 22.6 Å². The monoisotopic (exact) mass is 286 g/mol. The fourth-order valence-corrected chi connectivity index (χ4v) is 4.67. The molecule has 0 saturated heterocycles. The molecule has 1 heterocycles. The van der Waals surface area contributed by atoms with E-state index >= 15 is 0 Å². The van der Waals surface area contributed by atoms with Gasteiger partial charge in [0.15, 0.2) is 0 Å². The van der Waals surface area contributed by atoms with Crippen LogP contribution < -0.4 is 0 Å². The first-order chi connectivity index (χ1) is 8.93. The second kappa shape index (κ2) is 4.27. The summed E-state index contributed by atoms with van der Waals surface area (Å²) in [6, 6.07) is 1.96. The van der Waals surface area contributed by atoms with Crippen molar-refractivity contribution in [3.63, 3.8) is 0 Å². The molecule has 5 heteroatoms. The van der Waals surface area contributed by atoms with Crippen molar-refractivity contribution < 1.29 is 18.7 Å². The van der Waals surface area contributed by atoms with E-state index < -0.39 is 17.3 Å². The highest BCUT2D eigenvalue weighted by molar-refractivity contribution is 7.12. The van der Waals surface area contributed by atoms with Crippen molar-refractivity contribution in [1.29, 1.82) is 0 Å². The largest absolute Gasteiger partial charge is 0.481 e. The third-order valence-electron chi connectivity index (χ3n) is 4.46. The zero-order valence-electron chi connectivity index (χ0n) is 10.5. The molecule has 0 unspecified atom stereocenters. The van der Waals surface area contributed by atoms with Gasteiger partial charge in [-0.2, -0.15) is 0 Å². The smallest absolute Gasteiger partial charge is 0.314 e. The third kappa shape index (κ3) is 2.08. The Balaban J connectivity index is 1.95. The summed E-state index contributed by atoms with van der Waals surface area (Å²) in [6.07, 6.45) is 2.59. The molecule has 19 heavy (non-hydrogen) atoms. The van der Waals surface area contributed by atoms with Gasteiger partial charge in [0.25, 0.3) is 0 Å². The molecular formula is C14H16F2O2S. The SMILES string of the molecule is O=C(O)C1(c2cc3c(s2)CCC3)CCC(F)(F)CC1. The molecule has 2 aliphatic carbocycles. The van der Waals surface area contributed by atoms with Gasteiger partial charge in [-0.1, -0.05) is 0 Å². The molecule has 0 atom stereocenters. The summed E-state index contributed by atoms with van der Waals surface area (Å²) in [6.45, 7) is 0. The van der Waals surface area contributed by atoms with E-state index in [9.17, 15) is 18.7 Å². The highest BCUT2D eigenvalue weighted by atomic mass is 32.1. The zero-order chi connectivity index (χ0) is 13.7. The average molecular weight is 286 g/mol. The quantitative estimate of drug-likeness (QED) is 0.898. The van der Waals surface area contributed by atoms with E-state index in [-0.39, 0.29) is 25.7 Å². The van der Waals surface area contributed by atoms with Crippen LogP contribution in [0, 0.1) is 0 Å². The highest BCUT2D eigenvalue weighted by Gasteiger charge is 2.50. The summed E-state index contributed by atoms with van der Waals surface area (Å²) in [5, 5.41) is 9.57. The van der Waals surface area contributed by atoms with Gasteiger partial charge in [-0.05, 0) is 43.7 Å². The van der Waals surface area contributed by atoms with Crippen molar-refractivity contribution in [3.8, 4) is 0 Å². The predicted octanol–water partition coefficient (Wildman–Crippen LogP) is 3.77. The first-order valence-corrected chi connectivity index (χ1v) is 7.48. The van der Waals surface area contributed by atoms with Crippen LogP contribution in [0.25, 0.3) is 0 Å². The molecule has 2 aliphatic rings. The van der Waals surface area contributed by atoms with Crippen LogP contribution in [0.4, 0.5) is 8.78 Å². The second-order valence-corrected chi connectivity index (χ2v) is 6.79. The number of fused-ring (bicyclic) bond motifs is 1. The molecule has 1 fully saturated rings. The number of carbonyl (C=O) groups is 1. The Morgan fingerprint density at radius 2 is 1.89 bits per heavy atom. The Labute approximate surface area is 114 Å². The van der Waals surface area contributed by atoms with Gasteiger partial charge in [0.05, 0.1) is 0 Å². The minimum Gasteiger partial charge on any atom is -0.481 e. The lowest BCUT2D eigenvalue weighted by Crippen LogP contribution is -2.42. The molecule has 2 nitrogen and oxygen atoms in total. The molecule has 1 aromatic heterocycles. The summed E-state index contributed by atoms with van der Waals surface area (Å²) in [5.41, 5.74) is 0.161. The number of alkyl halides is 2. The van der Waals surface area contributed by atoms with E-state index in [2.05, 4.69) is 0 Å². The van der Waals surface area contributed by atoms with E-state index in [1.807, 2.05) is 6.07 Å². The molecule has 0 bridgehead atoms. The van der Waals surface area contributed by atoms with Crippen LogP contribution in [0.1, 0.15) is 47.4 Å². The van der Waals surface area contributed by atoms with E-state index in [0.29, 0.717) is 0 Å². The lowest BCUT2D eigenvalue weighted by Gasteiger charge is -2.36. The maximum atomic E-state index is 13.3. The summed E-state index contributed by atoms with van der Waals surface area (Å²) in [5.74, 6) is -3.64. The van der Waals surface area contributed by atoms with Crippen molar-refractivity contribution in [3.05, 3.63) is 21.4 Å². The summed E-state index contributed by atoms with van der Waals surface area (Å²) in [4.78, 5) is 13.7. The van der Waals surface area contributed by atoms with Crippen molar-refractivity contribution in [2.45, 2.75) is 56.3 Å². The molecule has 3 rings (SSSR count). The highest BCUT2D eigenvalue weighted by Crippen LogP contribution is 2.49. The summed E-state index contributed by atoms with van der Waals surface area (Å²) < 4.78 is 26.6. The number of aryl methyl sites for hydroxylation is 2. The Morgan fingerprint density at radius 1 is 1.21 bits per heavy atom. The number of carboxylic acids is 1. The standard InChI is InChI=1S/C14H16F2O2S/c15-14(16)6-4-13(5-7-14,12(17)18)11-8-9-2-1-3-10(9)19-11/h8H,1-7H2,(H,17,18). The van der Waals surface area contributed by atoms with E-state index in [1.165, 1.54) is 21.8 Å². The van der Waals surface area contributed by atoms with Crippen LogP contribution in [-0.4, -0.2) is 17.0 Å². The van der Waals surface area contributed by atoms with Gasteiger partial charge in [-0.3, -0.25) is 4.79 Å². The lowest BCUT2D eigenvalue weighted by molar-refractivity contribution is -0.148. The topological polar surface area (TPSA) is 37.3 Å². The normalized spacial score (nSPS) is 24.1. The van der Waals surface area contributed by atoms with Crippen LogP contribution >= 0.6 is 11.3 Å². The minimum absolute atomic E-state index is 0.0503. The molecule has 0 aliphatic heterocycles. The minimum atomic E-state index is -2.70. The molecular weight excluding hydrogens is 270 g/mol. The maximum absolute atomic E-state index is 13.3. The molecule has 104 valence electrons. The van der Waals surface area contributed by atoms with Crippen LogP contribution in [0.5, 0.6) is 0 Å². The Morgan fingerprint density at radius 3 is 2.47 bits per heavy atom. The van der Waals surface area contributed by atoms with Gasteiger partial charge in [-0.25, -0.2) is 8.78 Å². The molecule has 1 saturated carbocycles. The number of hydrogen-bond donors (Lipinski definition) is 1. The molecule has 1 N–H and O–H groups in total. The van der Waals surface area contributed by atoms with E-state index in [0.717, 1.165) is 24.1 Å². The molecule has 1 aromatic rings. The van der Waals surface area contributed by atoms with Gasteiger partial charge < -0.3 is 5.11 Å². The number of rotatable bonds is 2. The van der Waals surface area contributed by atoms with Crippen molar-refractivity contribution in [2.75, 3.05) is 0 Å². The lowest BCUT2D eigenvalue weighted by atomic mass is 9.71. The van der Waals surface area contributed by atoms with Crippen molar-refractivity contribution >= 4 is 17.3 Å². The number of carboxylic acid groups (broad SMARTS) is 1. The fraction of sp³-hybridized carbons (Fsp3) is 0.643. The first kappa shape index (κ1) is 13.0. The van der Waals surface area contributed by atoms with Gasteiger partial charge in [0.1, 0.15) is 5.41 Å². The van der Waals surface area contributed by atoms with E-state index in [1.54, 1.807) is 0 Å². The number of halogens is 2. The summed E-state index contributed by atoms with van der Waals surface area (Å²) in [7, 11) is 0. The first-order valence-electron chi connectivity index (χ1n) is 6.66. The number of hydrogen-bond acceptors (Lipinski definition) is 2. The Bertz CT molecular complexity index is 490. The summed E-state index contributed by atoms with van der Waals surface area (Å²) >= 11 is 1.53. The van der Waals surface area contributed by atoms with Crippen LogP contribution in [0.2, 0.25) is 0 Å². The van der Waals surface area contributed by atoms with Crippen LogP contribution in [0.15, 0.2) is 6.07 Å². The maximum Gasteiger partial charge on any atom is 0.314 e. The number of aliphatic carboxylic acids is 1. The average Bonchev–Trinajstić information content (AvgIpc) is 2.89. The van der Waals surface area contributed by atoms with Gasteiger partial charge >= 0.3 is 5.97 Å².